The van der Waals surface area contributed by atoms with Crippen molar-refractivity contribution in [1.29, 1.82) is 0 Å². The molecule has 0 saturated heterocycles. The van der Waals surface area contributed by atoms with Gasteiger partial charge < -0.3 is 5.32 Å². The van der Waals surface area contributed by atoms with Crippen LogP contribution in [0.2, 0.25) is 0 Å². The van der Waals surface area contributed by atoms with Gasteiger partial charge in [0.25, 0.3) is 0 Å². The number of aromatic nitrogens is 1. The zero-order valence-corrected chi connectivity index (χ0v) is 9.90. The number of rotatable bonds is 5. The van der Waals surface area contributed by atoms with E-state index < -0.39 is 0 Å². The Morgan fingerprint density at radius 2 is 2.29 bits per heavy atom. The number of thioether (sulfide) groups is 1. The van der Waals surface area contributed by atoms with Gasteiger partial charge in [-0.05, 0) is 31.7 Å². The number of nitrogens with zero attached hydrogens (tertiary/aromatic N) is 1. The van der Waals surface area contributed by atoms with E-state index in [0.29, 0.717) is 6.04 Å². The molecule has 78 valence electrons. The first kappa shape index (κ1) is 11.5. The second-order valence-corrected chi connectivity index (χ2v) is 4.46. The molecule has 1 unspecified atom stereocenters. The van der Waals surface area contributed by atoms with E-state index in [1.807, 2.05) is 24.9 Å². The summed E-state index contributed by atoms with van der Waals surface area (Å²) in [5.74, 6) is 1.15. The van der Waals surface area contributed by atoms with Gasteiger partial charge in [-0.3, -0.25) is 4.98 Å². The lowest BCUT2D eigenvalue weighted by Gasteiger charge is -2.11. The summed E-state index contributed by atoms with van der Waals surface area (Å²) in [6, 6.07) is 4.74. The van der Waals surface area contributed by atoms with E-state index >= 15 is 0 Å². The molecular formula is C11H18N2S. The SMILES string of the molecule is CSCC(C)NCc1ccc(C)nc1. The third-order valence-corrected chi connectivity index (χ3v) is 2.88. The molecule has 0 fully saturated rings. The highest BCUT2D eigenvalue weighted by atomic mass is 32.2. The molecule has 0 aliphatic heterocycles. The molecule has 1 atom stereocenters. The minimum Gasteiger partial charge on any atom is -0.309 e. The fraction of sp³-hybridized carbons (Fsp3) is 0.545. The van der Waals surface area contributed by atoms with Crippen molar-refractivity contribution in [3.63, 3.8) is 0 Å². The molecule has 1 heterocycles. The first-order valence-corrected chi connectivity index (χ1v) is 6.25. The number of aryl methyl sites for hydroxylation is 1. The Morgan fingerprint density at radius 1 is 1.50 bits per heavy atom. The standard InChI is InChI=1S/C11H18N2S/c1-9-4-5-11(6-12-9)7-13-10(2)8-14-3/h4-6,10,13H,7-8H2,1-3H3. The topological polar surface area (TPSA) is 24.9 Å². The molecule has 0 aliphatic rings. The van der Waals surface area contributed by atoms with Gasteiger partial charge >= 0.3 is 0 Å². The monoisotopic (exact) mass is 210 g/mol. The van der Waals surface area contributed by atoms with E-state index in [9.17, 15) is 0 Å². The fourth-order valence-corrected chi connectivity index (χ4v) is 1.82. The molecule has 0 amide bonds. The van der Waals surface area contributed by atoms with Crippen LogP contribution in [0.25, 0.3) is 0 Å². The van der Waals surface area contributed by atoms with Crippen molar-refractivity contribution in [1.82, 2.24) is 10.3 Å². The van der Waals surface area contributed by atoms with Crippen LogP contribution in [-0.2, 0) is 6.54 Å². The van der Waals surface area contributed by atoms with Crippen LogP contribution in [0.1, 0.15) is 18.2 Å². The summed E-state index contributed by atoms with van der Waals surface area (Å²) in [4.78, 5) is 4.26. The summed E-state index contributed by atoms with van der Waals surface area (Å²) >= 11 is 1.87. The van der Waals surface area contributed by atoms with Crippen molar-refractivity contribution in [2.75, 3.05) is 12.0 Å². The quantitative estimate of drug-likeness (QED) is 0.806. The number of nitrogens with one attached hydrogen (secondary N) is 1. The van der Waals surface area contributed by atoms with Gasteiger partial charge in [0.2, 0.25) is 0 Å². The summed E-state index contributed by atoms with van der Waals surface area (Å²) < 4.78 is 0. The first-order chi connectivity index (χ1) is 6.72. The average molecular weight is 210 g/mol. The number of hydrogen-bond donors (Lipinski definition) is 1. The summed E-state index contributed by atoms with van der Waals surface area (Å²) in [5, 5.41) is 3.46. The van der Waals surface area contributed by atoms with Crippen LogP contribution in [0.15, 0.2) is 18.3 Å². The van der Waals surface area contributed by atoms with Crippen LogP contribution in [0.5, 0.6) is 0 Å². The molecule has 1 aromatic heterocycles. The van der Waals surface area contributed by atoms with Crippen LogP contribution >= 0.6 is 11.8 Å². The molecule has 3 heteroatoms. The lowest BCUT2D eigenvalue weighted by Crippen LogP contribution is -2.27. The van der Waals surface area contributed by atoms with Crippen molar-refractivity contribution in [3.05, 3.63) is 29.6 Å². The molecule has 14 heavy (non-hydrogen) atoms. The lowest BCUT2D eigenvalue weighted by molar-refractivity contribution is 0.595. The van der Waals surface area contributed by atoms with Gasteiger partial charge in [-0.15, -0.1) is 0 Å². The summed E-state index contributed by atoms with van der Waals surface area (Å²) in [6.45, 7) is 5.13. The van der Waals surface area contributed by atoms with Crippen molar-refractivity contribution >= 4 is 11.8 Å². The molecule has 0 aromatic carbocycles. The zero-order chi connectivity index (χ0) is 10.4. The highest BCUT2D eigenvalue weighted by Gasteiger charge is 1.99. The molecule has 0 aliphatic carbocycles. The predicted molar refractivity (Wildman–Crippen MR) is 63.7 cm³/mol. The Labute approximate surface area is 90.5 Å². The number of pyridine rings is 1. The molecule has 0 saturated carbocycles. The summed E-state index contributed by atoms with van der Waals surface area (Å²) in [6.07, 6.45) is 4.07. The van der Waals surface area contributed by atoms with Gasteiger partial charge in [-0.25, -0.2) is 0 Å². The van der Waals surface area contributed by atoms with Gasteiger partial charge in [0.1, 0.15) is 0 Å². The van der Waals surface area contributed by atoms with E-state index in [1.54, 1.807) is 0 Å². The zero-order valence-electron chi connectivity index (χ0n) is 9.08. The molecule has 2 nitrogen and oxygen atoms in total. The Kier molecular flexibility index (Phi) is 4.98. The largest absolute Gasteiger partial charge is 0.309 e. The molecule has 1 N–H and O–H groups in total. The van der Waals surface area contributed by atoms with Gasteiger partial charge in [-0.2, -0.15) is 11.8 Å². The normalized spacial score (nSPS) is 12.8. The van der Waals surface area contributed by atoms with E-state index in [1.165, 1.54) is 5.56 Å². The van der Waals surface area contributed by atoms with Gasteiger partial charge in [0, 0.05) is 30.2 Å². The van der Waals surface area contributed by atoms with Gasteiger partial charge in [-0.1, -0.05) is 6.07 Å². The second kappa shape index (κ2) is 6.04. The molecule has 0 spiro atoms. The van der Waals surface area contributed by atoms with Crippen molar-refractivity contribution in [2.24, 2.45) is 0 Å². The van der Waals surface area contributed by atoms with E-state index in [0.717, 1.165) is 18.0 Å². The Hall–Kier alpha value is -0.540. The average Bonchev–Trinajstić information content (AvgIpc) is 2.17. The van der Waals surface area contributed by atoms with E-state index in [2.05, 4.69) is 35.6 Å². The maximum absolute atomic E-state index is 4.26. The molecule has 0 bridgehead atoms. The summed E-state index contributed by atoms with van der Waals surface area (Å²) in [7, 11) is 0. The highest BCUT2D eigenvalue weighted by molar-refractivity contribution is 7.98. The van der Waals surface area contributed by atoms with Crippen molar-refractivity contribution in [3.8, 4) is 0 Å². The van der Waals surface area contributed by atoms with Crippen LogP contribution in [-0.4, -0.2) is 23.0 Å². The van der Waals surface area contributed by atoms with Crippen molar-refractivity contribution in [2.45, 2.75) is 26.4 Å². The number of hydrogen-bond acceptors (Lipinski definition) is 3. The summed E-state index contributed by atoms with van der Waals surface area (Å²) in [5.41, 5.74) is 2.33. The fourth-order valence-electron chi connectivity index (χ4n) is 1.20. The van der Waals surface area contributed by atoms with E-state index in [4.69, 9.17) is 0 Å². The molecular weight excluding hydrogens is 192 g/mol. The van der Waals surface area contributed by atoms with Gasteiger partial charge in [0.05, 0.1) is 0 Å². The second-order valence-electron chi connectivity index (χ2n) is 3.55. The Balaban J connectivity index is 2.34. The van der Waals surface area contributed by atoms with Crippen LogP contribution < -0.4 is 5.32 Å². The minimum atomic E-state index is 0.561. The third kappa shape index (κ3) is 4.11. The maximum atomic E-state index is 4.26. The third-order valence-electron chi connectivity index (χ3n) is 2.04. The first-order valence-electron chi connectivity index (χ1n) is 4.86. The van der Waals surface area contributed by atoms with E-state index in [-0.39, 0.29) is 0 Å². The Bertz CT molecular complexity index is 258. The maximum Gasteiger partial charge on any atom is 0.0372 e. The molecule has 0 radical (unpaired) electrons. The van der Waals surface area contributed by atoms with Crippen LogP contribution in [0.4, 0.5) is 0 Å². The molecule has 1 aromatic rings. The van der Waals surface area contributed by atoms with Crippen LogP contribution in [0, 0.1) is 6.92 Å². The minimum absolute atomic E-state index is 0.561. The lowest BCUT2D eigenvalue weighted by atomic mass is 10.2. The van der Waals surface area contributed by atoms with Gasteiger partial charge in [0.15, 0.2) is 0 Å². The smallest absolute Gasteiger partial charge is 0.0372 e. The Morgan fingerprint density at radius 3 is 2.86 bits per heavy atom. The van der Waals surface area contributed by atoms with Crippen LogP contribution in [0.3, 0.4) is 0 Å². The molecule has 1 rings (SSSR count). The van der Waals surface area contributed by atoms with Crippen molar-refractivity contribution < 1.29 is 0 Å². The predicted octanol–water partition coefficient (Wildman–Crippen LogP) is 2.23. The highest BCUT2D eigenvalue weighted by Crippen LogP contribution is 2.01.